The molecule has 0 radical (unpaired) electrons. The van der Waals surface area contributed by atoms with Gasteiger partial charge in [-0.3, -0.25) is 0 Å². The summed E-state index contributed by atoms with van der Waals surface area (Å²) >= 11 is 6.84. The lowest BCUT2D eigenvalue weighted by Gasteiger charge is -2.04. The van der Waals surface area contributed by atoms with Crippen molar-refractivity contribution in [3.05, 3.63) is 140 Å². The Labute approximate surface area is 342 Å². The Morgan fingerprint density at radius 1 is 0.611 bits per heavy atom. The predicted octanol–water partition coefficient (Wildman–Crippen LogP) is 14.4. The third-order valence-corrected chi connectivity index (χ3v) is 8.80. The van der Waals surface area contributed by atoms with Crippen molar-refractivity contribution in [2.24, 2.45) is 0 Å². The Balaban J connectivity index is 0.000000742. The Hall–Kier alpha value is -3.35. The number of hydrogen-bond donors (Lipinski definition) is 1. The first-order valence-electron chi connectivity index (χ1n) is 19.8. The minimum Gasteiger partial charge on any atom is -0.381 e. The van der Waals surface area contributed by atoms with Crippen LogP contribution in [0.1, 0.15) is 132 Å². The van der Waals surface area contributed by atoms with Gasteiger partial charge >= 0.3 is 0 Å². The molecule has 5 rings (SSSR count). The molecule has 0 unspecified atom stereocenters. The topological polar surface area (TPSA) is 9.23 Å². The van der Waals surface area contributed by atoms with Crippen LogP contribution in [0.4, 0.5) is 8.78 Å². The summed E-state index contributed by atoms with van der Waals surface area (Å²) in [5, 5.41) is 0. The van der Waals surface area contributed by atoms with E-state index in [1.54, 1.807) is 18.4 Å². The maximum Gasteiger partial charge on any atom is 0.127 e. The average Bonchev–Trinajstić information content (AvgIpc) is 3.82. The molecule has 0 saturated carbocycles. The number of thiol groups is 1. The van der Waals surface area contributed by atoms with Gasteiger partial charge in [0.15, 0.2) is 0 Å². The highest BCUT2D eigenvalue weighted by Gasteiger charge is 2.05. The fourth-order valence-corrected chi connectivity index (χ4v) is 5.68. The first-order chi connectivity index (χ1) is 26.4. The zero-order valence-electron chi connectivity index (χ0n) is 34.0. The normalized spacial score (nSPS) is 10.7. The van der Waals surface area contributed by atoms with Gasteiger partial charge in [-0.2, -0.15) is 12.6 Å². The van der Waals surface area contributed by atoms with E-state index in [2.05, 4.69) is 103 Å². The Morgan fingerprint density at radius 2 is 1.07 bits per heavy atom. The van der Waals surface area contributed by atoms with Gasteiger partial charge in [0, 0.05) is 45.5 Å². The van der Waals surface area contributed by atoms with Crippen molar-refractivity contribution >= 4 is 28.6 Å². The van der Waals surface area contributed by atoms with Crippen LogP contribution in [0.2, 0.25) is 0 Å². The molecular formula is C49H65BrF2OS. The Kier molecular flexibility index (Phi) is 32.0. The van der Waals surface area contributed by atoms with Gasteiger partial charge < -0.3 is 4.74 Å². The fourth-order valence-electron chi connectivity index (χ4n) is 5.14. The summed E-state index contributed by atoms with van der Waals surface area (Å²) in [7, 11) is 0. The number of benzene rings is 4. The van der Waals surface area contributed by atoms with Crippen molar-refractivity contribution in [1.29, 1.82) is 0 Å². The van der Waals surface area contributed by atoms with Crippen LogP contribution in [0.5, 0.6) is 0 Å². The molecule has 0 spiro atoms. The maximum atomic E-state index is 13.9. The lowest BCUT2D eigenvalue weighted by atomic mass is 10.0. The summed E-state index contributed by atoms with van der Waals surface area (Å²) in [6, 6.07) is 26.8. The van der Waals surface area contributed by atoms with Gasteiger partial charge in [0.25, 0.3) is 0 Å². The van der Waals surface area contributed by atoms with E-state index in [1.807, 2.05) is 45.0 Å². The van der Waals surface area contributed by atoms with Gasteiger partial charge in [0.2, 0.25) is 0 Å². The molecule has 0 amide bonds. The number of hydrogen-bond acceptors (Lipinski definition) is 2. The van der Waals surface area contributed by atoms with E-state index >= 15 is 0 Å². The van der Waals surface area contributed by atoms with Gasteiger partial charge in [-0.1, -0.05) is 137 Å². The fraction of sp³-hybridized carbons (Fsp3) is 0.429. The summed E-state index contributed by atoms with van der Waals surface area (Å²) in [5.41, 5.74) is 7.01. The molecule has 54 heavy (non-hydrogen) atoms. The van der Waals surface area contributed by atoms with E-state index < -0.39 is 0 Å². The molecule has 1 aliphatic rings. The second kappa shape index (κ2) is 34.2. The highest BCUT2D eigenvalue weighted by Crippen LogP contribution is 2.21. The molecular weight excluding hydrogens is 755 g/mol. The van der Waals surface area contributed by atoms with Crippen molar-refractivity contribution in [1.82, 2.24) is 0 Å². The highest BCUT2D eigenvalue weighted by atomic mass is 79.9. The lowest BCUT2D eigenvalue weighted by Crippen LogP contribution is -1.94. The predicted molar refractivity (Wildman–Crippen MR) is 239 cm³/mol. The summed E-state index contributed by atoms with van der Waals surface area (Å²) in [4.78, 5) is 0. The summed E-state index contributed by atoms with van der Waals surface area (Å²) < 4.78 is 32.7. The average molecular weight is 820 g/mol. The Bertz CT molecular complexity index is 1580. The lowest BCUT2D eigenvalue weighted by molar-refractivity contribution is 0.198. The van der Waals surface area contributed by atoms with Crippen molar-refractivity contribution in [2.75, 3.05) is 19.5 Å². The largest absolute Gasteiger partial charge is 0.381 e. The number of terminal acetylenes is 1. The molecule has 4 aromatic carbocycles. The number of unbranched alkanes of at least 4 members (excludes halogenated alkanes) is 2. The van der Waals surface area contributed by atoms with Crippen LogP contribution in [0.15, 0.2) is 89.4 Å². The van der Waals surface area contributed by atoms with Crippen LogP contribution >= 0.6 is 28.6 Å². The zero-order chi connectivity index (χ0) is 40.4. The van der Waals surface area contributed by atoms with Crippen molar-refractivity contribution in [3.8, 4) is 24.2 Å². The molecule has 0 N–H and O–H groups in total. The minimum absolute atomic E-state index is 0.110. The van der Waals surface area contributed by atoms with Crippen molar-refractivity contribution in [2.45, 2.75) is 119 Å². The molecule has 1 nitrogen and oxygen atoms in total. The SMILES string of the molecule is C#Cc1ccc(CCCC)cc1.C1CCOC1.CC.CCCCc1ccc(C#Cc2cccc(F)c2CCC)cc1.CCCc1c(F)cccc1Br.CS. The monoisotopic (exact) mass is 818 g/mol. The van der Waals surface area contributed by atoms with Crippen LogP contribution in [0.3, 0.4) is 0 Å². The minimum atomic E-state index is -0.149. The number of aryl methyl sites for hydroxylation is 2. The van der Waals surface area contributed by atoms with Gasteiger partial charge in [-0.15, -0.1) is 6.42 Å². The highest BCUT2D eigenvalue weighted by molar-refractivity contribution is 9.10. The molecule has 1 aliphatic heterocycles. The smallest absolute Gasteiger partial charge is 0.127 e. The summed E-state index contributed by atoms with van der Waals surface area (Å²) in [6.07, 6.45) is 20.1. The summed E-state index contributed by atoms with van der Waals surface area (Å²) in [6.45, 7) is 14.5. The van der Waals surface area contributed by atoms with Crippen LogP contribution in [-0.4, -0.2) is 19.5 Å². The second-order valence-electron chi connectivity index (χ2n) is 12.3. The molecule has 1 saturated heterocycles. The van der Waals surface area contributed by atoms with Crippen LogP contribution in [-0.2, 0) is 30.4 Å². The standard InChI is InChI=1S/C21H23F.C12H14.C9H10BrF.C4H8O.C2H6.CH4S/c1-3-5-8-17-11-13-18(14-12-17)15-16-19-9-6-10-21(22)20(19)7-4-2;1-3-5-6-12-9-7-11(4-2)8-10-12;1-2-4-7-8(10)5-3-6-9(7)11;1-2-4-5-3-1;2*1-2/h6,9-14H,3-5,7-8H2,1-2H3;2,7-10H,3,5-6H2,1H3;3,5-6H,2,4H2,1H3;1-4H2;1-2H3;2H,1H3. The van der Waals surface area contributed by atoms with Gasteiger partial charge in [0.05, 0.1) is 0 Å². The number of ether oxygens (including phenoxy) is 1. The Morgan fingerprint density at radius 3 is 1.50 bits per heavy atom. The molecule has 1 fully saturated rings. The van der Waals surface area contributed by atoms with Gasteiger partial charge in [0.1, 0.15) is 11.6 Å². The third kappa shape index (κ3) is 22.1. The van der Waals surface area contributed by atoms with Gasteiger partial charge in [-0.25, -0.2) is 8.78 Å². The molecule has 0 aliphatic carbocycles. The quantitative estimate of drug-likeness (QED) is 0.124. The summed E-state index contributed by atoms with van der Waals surface area (Å²) in [5.74, 6) is 8.63. The molecule has 294 valence electrons. The van der Waals surface area contributed by atoms with E-state index in [4.69, 9.17) is 11.2 Å². The van der Waals surface area contributed by atoms with Crippen molar-refractivity contribution in [3.63, 3.8) is 0 Å². The van der Waals surface area contributed by atoms with Crippen molar-refractivity contribution < 1.29 is 13.5 Å². The number of halogens is 3. The molecule has 1 heterocycles. The number of rotatable bonds is 10. The zero-order valence-corrected chi connectivity index (χ0v) is 36.5. The van der Waals surface area contributed by atoms with E-state index in [9.17, 15) is 8.78 Å². The second-order valence-corrected chi connectivity index (χ2v) is 13.1. The van der Waals surface area contributed by atoms with E-state index in [0.29, 0.717) is 0 Å². The molecule has 0 bridgehead atoms. The first kappa shape index (κ1) is 50.7. The van der Waals surface area contributed by atoms with Crippen LogP contribution in [0.25, 0.3) is 0 Å². The first-order valence-corrected chi connectivity index (χ1v) is 21.4. The molecule has 0 aromatic heterocycles. The molecule has 4 aromatic rings. The third-order valence-electron chi connectivity index (χ3n) is 8.06. The van der Waals surface area contributed by atoms with Crippen LogP contribution in [0, 0.1) is 35.8 Å². The van der Waals surface area contributed by atoms with E-state index in [-0.39, 0.29) is 11.6 Å². The molecule has 0 atom stereocenters. The maximum absolute atomic E-state index is 13.9. The van der Waals surface area contributed by atoms with Gasteiger partial charge in [-0.05, 0) is 117 Å². The van der Waals surface area contributed by atoms with E-state index in [1.165, 1.54) is 68.2 Å². The van der Waals surface area contributed by atoms with E-state index in [0.717, 1.165) is 77.6 Å². The van der Waals surface area contributed by atoms with Crippen LogP contribution < -0.4 is 0 Å². The molecule has 5 heteroatoms.